The summed E-state index contributed by atoms with van der Waals surface area (Å²) in [5.41, 5.74) is 0.511. The standard InChI is InChI=1S/C18H19N3O3/c1-4-23-15-7-5-6-14(11-15)20-18(22)13(12-19)10-16-8-9-17(24-16)21(2)3/h5-11H,4H2,1-3H3,(H,20,22)/b13-10-. The number of anilines is 2. The minimum atomic E-state index is -0.506. The summed E-state index contributed by atoms with van der Waals surface area (Å²) in [7, 11) is 3.69. The summed E-state index contributed by atoms with van der Waals surface area (Å²) >= 11 is 0. The van der Waals surface area contributed by atoms with Gasteiger partial charge in [0.05, 0.1) is 6.61 Å². The SMILES string of the molecule is CCOc1cccc(NC(=O)/C(C#N)=C\c2ccc(N(C)C)o2)c1. The second-order valence-corrected chi connectivity index (χ2v) is 5.16. The third kappa shape index (κ3) is 4.40. The van der Waals surface area contributed by atoms with Gasteiger partial charge in [-0.2, -0.15) is 5.26 Å². The zero-order valence-corrected chi connectivity index (χ0v) is 13.9. The van der Waals surface area contributed by atoms with Gasteiger partial charge in [-0.1, -0.05) is 6.07 Å². The van der Waals surface area contributed by atoms with E-state index in [1.807, 2.05) is 27.1 Å². The second kappa shape index (κ2) is 7.88. The highest BCUT2D eigenvalue weighted by molar-refractivity contribution is 6.09. The Morgan fingerprint density at radius 2 is 2.17 bits per heavy atom. The molecule has 0 radical (unpaired) electrons. The van der Waals surface area contributed by atoms with Gasteiger partial charge in [-0.05, 0) is 25.1 Å². The van der Waals surface area contributed by atoms with Gasteiger partial charge in [-0.15, -0.1) is 0 Å². The van der Waals surface area contributed by atoms with Crippen LogP contribution in [0.4, 0.5) is 11.6 Å². The van der Waals surface area contributed by atoms with Crippen LogP contribution in [-0.4, -0.2) is 26.6 Å². The fourth-order valence-corrected chi connectivity index (χ4v) is 1.98. The van der Waals surface area contributed by atoms with Crippen LogP contribution in [0.2, 0.25) is 0 Å². The molecule has 0 aliphatic carbocycles. The Labute approximate surface area is 140 Å². The molecule has 2 rings (SSSR count). The lowest BCUT2D eigenvalue weighted by Crippen LogP contribution is -2.13. The van der Waals surface area contributed by atoms with Gasteiger partial charge >= 0.3 is 0 Å². The number of carbonyl (C=O) groups excluding carboxylic acids is 1. The van der Waals surface area contributed by atoms with Gasteiger partial charge in [0.25, 0.3) is 5.91 Å². The Kier molecular flexibility index (Phi) is 5.63. The maximum atomic E-state index is 12.3. The second-order valence-electron chi connectivity index (χ2n) is 5.16. The summed E-state index contributed by atoms with van der Waals surface area (Å²) in [6.07, 6.45) is 1.41. The van der Waals surface area contributed by atoms with Crippen molar-refractivity contribution in [3.63, 3.8) is 0 Å². The molecule has 1 aromatic carbocycles. The number of ether oxygens (including phenoxy) is 1. The van der Waals surface area contributed by atoms with E-state index in [9.17, 15) is 10.1 Å². The molecule has 6 heteroatoms. The normalized spacial score (nSPS) is 10.8. The van der Waals surface area contributed by atoms with E-state index in [4.69, 9.17) is 9.15 Å². The number of furan rings is 1. The van der Waals surface area contributed by atoms with Crippen molar-refractivity contribution in [2.75, 3.05) is 30.9 Å². The molecule has 1 amide bonds. The van der Waals surface area contributed by atoms with Gasteiger partial charge in [0.2, 0.25) is 0 Å². The molecule has 0 unspecified atom stereocenters. The van der Waals surface area contributed by atoms with Crippen LogP contribution >= 0.6 is 0 Å². The number of rotatable bonds is 6. The third-order valence-electron chi connectivity index (χ3n) is 3.11. The van der Waals surface area contributed by atoms with E-state index in [1.54, 1.807) is 41.3 Å². The molecule has 0 saturated carbocycles. The number of hydrogen-bond acceptors (Lipinski definition) is 5. The van der Waals surface area contributed by atoms with Gasteiger partial charge in [0.1, 0.15) is 23.2 Å². The van der Waals surface area contributed by atoms with Crippen LogP contribution in [0, 0.1) is 11.3 Å². The fraction of sp³-hybridized carbons (Fsp3) is 0.222. The Balaban J connectivity index is 2.15. The molecule has 0 fully saturated rings. The molecule has 0 aliphatic heterocycles. The van der Waals surface area contributed by atoms with E-state index in [0.717, 1.165) is 0 Å². The van der Waals surface area contributed by atoms with Crippen molar-refractivity contribution in [1.82, 2.24) is 0 Å². The molecule has 0 spiro atoms. The van der Waals surface area contributed by atoms with Crippen molar-refractivity contribution in [1.29, 1.82) is 5.26 Å². The molecule has 0 aliphatic rings. The summed E-state index contributed by atoms with van der Waals surface area (Å²) in [6.45, 7) is 2.42. The van der Waals surface area contributed by atoms with Crippen molar-refractivity contribution in [3.8, 4) is 11.8 Å². The van der Waals surface area contributed by atoms with Gasteiger partial charge in [-0.25, -0.2) is 0 Å². The number of benzene rings is 1. The van der Waals surface area contributed by atoms with E-state index in [2.05, 4.69) is 5.32 Å². The first-order valence-corrected chi connectivity index (χ1v) is 7.46. The summed E-state index contributed by atoms with van der Waals surface area (Å²) in [6, 6.07) is 12.4. The largest absolute Gasteiger partial charge is 0.494 e. The molecule has 0 saturated heterocycles. The van der Waals surface area contributed by atoms with E-state index in [1.165, 1.54) is 6.08 Å². The van der Waals surface area contributed by atoms with E-state index < -0.39 is 5.91 Å². The number of carbonyl (C=O) groups is 1. The lowest BCUT2D eigenvalue weighted by atomic mass is 10.2. The van der Waals surface area contributed by atoms with Crippen molar-refractivity contribution < 1.29 is 13.9 Å². The molecule has 124 valence electrons. The lowest BCUT2D eigenvalue weighted by molar-refractivity contribution is -0.112. The molecule has 1 aromatic heterocycles. The molecule has 1 heterocycles. The first kappa shape index (κ1) is 17.2. The highest BCUT2D eigenvalue weighted by Gasteiger charge is 2.12. The Morgan fingerprint density at radius 1 is 1.38 bits per heavy atom. The number of nitrogens with zero attached hydrogens (tertiary/aromatic N) is 2. The number of nitriles is 1. The molecule has 6 nitrogen and oxygen atoms in total. The van der Waals surface area contributed by atoms with Crippen molar-refractivity contribution in [2.45, 2.75) is 6.92 Å². The quantitative estimate of drug-likeness (QED) is 0.651. The summed E-state index contributed by atoms with van der Waals surface area (Å²) in [4.78, 5) is 14.1. The highest BCUT2D eigenvalue weighted by atomic mass is 16.5. The molecule has 24 heavy (non-hydrogen) atoms. The minimum absolute atomic E-state index is 0.0449. The maximum Gasteiger partial charge on any atom is 0.266 e. The van der Waals surface area contributed by atoms with E-state index in [0.29, 0.717) is 29.7 Å². The zero-order valence-electron chi connectivity index (χ0n) is 13.9. The van der Waals surface area contributed by atoms with Crippen molar-refractivity contribution in [3.05, 3.63) is 47.7 Å². The van der Waals surface area contributed by atoms with Crippen LogP contribution in [0.1, 0.15) is 12.7 Å². The van der Waals surface area contributed by atoms with Crippen molar-refractivity contribution >= 4 is 23.6 Å². The fourth-order valence-electron chi connectivity index (χ4n) is 1.98. The third-order valence-corrected chi connectivity index (χ3v) is 3.11. The molecule has 2 aromatic rings. The summed E-state index contributed by atoms with van der Waals surface area (Å²) in [5, 5.41) is 11.9. The monoisotopic (exact) mass is 325 g/mol. The molecular formula is C18H19N3O3. The Hall–Kier alpha value is -3.20. The van der Waals surface area contributed by atoms with Crippen LogP contribution in [-0.2, 0) is 4.79 Å². The molecular weight excluding hydrogens is 306 g/mol. The zero-order chi connectivity index (χ0) is 17.5. The average molecular weight is 325 g/mol. The number of amides is 1. The van der Waals surface area contributed by atoms with Gasteiger partial charge in [0, 0.05) is 38.0 Å². The summed E-state index contributed by atoms with van der Waals surface area (Å²) < 4.78 is 10.9. The van der Waals surface area contributed by atoms with Crippen LogP contribution < -0.4 is 15.0 Å². The smallest absolute Gasteiger partial charge is 0.266 e. The topological polar surface area (TPSA) is 78.5 Å². The maximum absolute atomic E-state index is 12.3. The van der Waals surface area contributed by atoms with Crippen LogP contribution in [0.3, 0.4) is 0 Å². The number of nitrogens with one attached hydrogen (secondary N) is 1. The molecule has 1 N–H and O–H groups in total. The Bertz CT molecular complexity index is 785. The Morgan fingerprint density at radius 3 is 2.79 bits per heavy atom. The predicted molar refractivity (Wildman–Crippen MR) is 92.9 cm³/mol. The van der Waals surface area contributed by atoms with Gasteiger partial charge < -0.3 is 19.4 Å². The van der Waals surface area contributed by atoms with Crippen LogP contribution in [0.15, 0.2) is 46.4 Å². The minimum Gasteiger partial charge on any atom is -0.494 e. The molecule has 0 bridgehead atoms. The highest BCUT2D eigenvalue weighted by Crippen LogP contribution is 2.20. The lowest BCUT2D eigenvalue weighted by Gasteiger charge is -2.07. The molecule has 0 atom stereocenters. The van der Waals surface area contributed by atoms with Gasteiger partial charge in [0.15, 0.2) is 5.88 Å². The first-order valence-electron chi connectivity index (χ1n) is 7.46. The number of hydrogen-bond donors (Lipinski definition) is 1. The van der Waals surface area contributed by atoms with Gasteiger partial charge in [-0.3, -0.25) is 4.79 Å². The first-order chi connectivity index (χ1) is 11.5. The van der Waals surface area contributed by atoms with E-state index in [-0.39, 0.29) is 5.57 Å². The van der Waals surface area contributed by atoms with Crippen LogP contribution in [0.25, 0.3) is 6.08 Å². The van der Waals surface area contributed by atoms with Crippen LogP contribution in [0.5, 0.6) is 5.75 Å². The average Bonchev–Trinajstić information content (AvgIpc) is 3.02. The van der Waals surface area contributed by atoms with E-state index >= 15 is 0 Å². The predicted octanol–water partition coefficient (Wildman–Crippen LogP) is 3.29. The van der Waals surface area contributed by atoms with Crippen molar-refractivity contribution in [2.24, 2.45) is 0 Å². The summed E-state index contributed by atoms with van der Waals surface area (Å²) in [5.74, 6) is 1.23.